The molecule has 2 rings (SSSR count). The summed E-state index contributed by atoms with van der Waals surface area (Å²) in [4.78, 5) is 11.6. The number of rotatable bonds is 12. The van der Waals surface area contributed by atoms with E-state index in [0.29, 0.717) is 12.1 Å². The number of methoxy groups -OCH3 is 1. The lowest BCUT2D eigenvalue weighted by atomic mass is 10.1. The van der Waals surface area contributed by atoms with Gasteiger partial charge in [0.25, 0.3) is 0 Å². The Bertz CT molecular complexity index is 800. The Kier molecular flexibility index (Phi) is 9.78. The molecule has 0 amide bonds. The van der Waals surface area contributed by atoms with Crippen molar-refractivity contribution < 1.29 is 14.3 Å². The van der Waals surface area contributed by atoms with Crippen molar-refractivity contribution in [3.8, 4) is 0 Å². The number of hydrogen-bond donors (Lipinski definition) is 0. The fraction of sp³-hybridized carbons (Fsp3) is 0.346. The second kappa shape index (κ2) is 12.3. The standard InChI is InChI=1S/C26H34O3Si/c1-5-13-23(29-21-22-14-8-6-9-15-22)20-25(18-12-19-26(27)28-2)30(3,4)24-16-10-7-11-17-24/h5-12,14-17,19,23,25H,1,13,18,20-21H2,2-4H3/b19-12+/t23-,25+/m1/s1. The van der Waals surface area contributed by atoms with Gasteiger partial charge in [-0.25, -0.2) is 4.79 Å². The van der Waals surface area contributed by atoms with Gasteiger partial charge in [-0.2, -0.15) is 0 Å². The Hall–Kier alpha value is -2.43. The molecule has 0 saturated carbocycles. The zero-order chi connectivity index (χ0) is 21.8. The molecule has 3 nitrogen and oxygen atoms in total. The highest BCUT2D eigenvalue weighted by Crippen LogP contribution is 2.33. The highest BCUT2D eigenvalue weighted by molar-refractivity contribution is 6.91. The number of esters is 1. The van der Waals surface area contributed by atoms with Crippen LogP contribution in [-0.2, 0) is 20.9 Å². The van der Waals surface area contributed by atoms with Gasteiger partial charge in [-0.05, 0) is 30.4 Å². The van der Waals surface area contributed by atoms with Gasteiger partial charge in [0.15, 0.2) is 0 Å². The number of hydrogen-bond acceptors (Lipinski definition) is 3. The molecular formula is C26H34O3Si. The van der Waals surface area contributed by atoms with Gasteiger partial charge in [-0.1, -0.05) is 91.1 Å². The van der Waals surface area contributed by atoms with E-state index in [1.54, 1.807) is 0 Å². The molecule has 4 heteroatoms. The monoisotopic (exact) mass is 422 g/mol. The van der Waals surface area contributed by atoms with Crippen molar-refractivity contribution in [3.05, 3.63) is 91.0 Å². The van der Waals surface area contributed by atoms with Gasteiger partial charge < -0.3 is 9.47 Å². The van der Waals surface area contributed by atoms with Crippen LogP contribution >= 0.6 is 0 Å². The van der Waals surface area contributed by atoms with Crippen LogP contribution in [0.5, 0.6) is 0 Å². The second-order valence-corrected chi connectivity index (χ2v) is 13.0. The molecule has 0 fully saturated rings. The van der Waals surface area contributed by atoms with E-state index in [4.69, 9.17) is 9.47 Å². The fourth-order valence-corrected chi connectivity index (χ4v) is 6.81. The maximum Gasteiger partial charge on any atom is 0.330 e. The molecular weight excluding hydrogens is 388 g/mol. The summed E-state index contributed by atoms with van der Waals surface area (Å²) in [5.41, 5.74) is 1.59. The Balaban J connectivity index is 2.18. The molecule has 0 N–H and O–H groups in total. The summed E-state index contributed by atoms with van der Waals surface area (Å²) in [5.74, 6) is -0.309. The van der Waals surface area contributed by atoms with Crippen molar-refractivity contribution in [2.75, 3.05) is 7.11 Å². The Morgan fingerprint density at radius 3 is 2.27 bits per heavy atom. The van der Waals surface area contributed by atoms with E-state index in [0.717, 1.165) is 19.3 Å². The number of carbonyl (C=O) groups excluding carboxylic acids is 1. The summed E-state index contributed by atoms with van der Waals surface area (Å²) in [5, 5.41) is 1.42. The van der Waals surface area contributed by atoms with Crippen molar-refractivity contribution in [2.24, 2.45) is 0 Å². The van der Waals surface area contributed by atoms with E-state index in [9.17, 15) is 4.79 Å². The smallest absolute Gasteiger partial charge is 0.330 e. The third-order valence-electron chi connectivity index (χ3n) is 5.72. The lowest BCUT2D eigenvalue weighted by Gasteiger charge is -2.35. The van der Waals surface area contributed by atoms with Gasteiger partial charge in [-0.3, -0.25) is 0 Å². The molecule has 0 heterocycles. The summed E-state index contributed by atoms with van der Waals surface area (Å²) in [6.07, 6.45) is 8.09. The average molecular weight is 423 g/mol. The average Bonchev–Trinajstić information content (AvgIpc) is 2.77. The molecule has 0 radical (unpaired) electrons. The van der Waals surface area contributed by atoms with Crippen LogP contribution in [0, 0.1) is 0 Å². The van der Waals surface area contributed by atoms with Gasteiger partial charge in [0.05, 0.1) is 27.9 Å². The zero-order valence-corrected chi connectivity index (χ0v) is 19.4. The van der Waals surface area contributed by atoms with Crippen LogP contribution in [0.2, 0.25) is 18.6 Å². The maximum absolute atomic E-state index is 11.6. The van der Waals surface area contributed by atoms with Gasteiger partial charge in [0, 0.05) is 6.08 Å². The molecule has 0 unspecified atom stereocenters. The van der Waals surface area contributed by atoms with E-state index in [-0.39, 0.29) is 12.1 Å². The topological polar surface area (TPSA) is 35.5 Å². The maximum atomic E-state index is 11.6. The predicted molar refractivity (Wildman–Crippen MR) is 128 cm³/mol. The Morgan fingerprint density at radius 2 is 1.67 bits per heavy atom. The predicted octanol–water partition coefficient (Wildman–Crippen LogP) is 5.64. The van der Waals surface area contributed by atoms with Gasteiger partial charge in [-0.15, -0.1) is 6.58 Å². The van der Waals surface area contributed by atoms with Crippen LogP contribution < -0.4 is 5.19 Å². The van der Waals surface area contributed by atoms with Crippen molar-refractivity contribution in [3.63, 3.8) is 0 Å². The fourth-order valence-electron chi connectivity index (χ4n) is 3.71. The number of ether oxygens (including phenoxy) is 2. The molecule has 30 heavy (non-hydrogen) atoms. The first-order chi connectivity index (χ1) is 14.5. The van der Waals surface area contributed by atoms with E-state index in [1.165, 1.54) is 23.9 Å². The van der Waals surface area contributed by atoms with Gasteiger partial charge in [0.2, 0.25) is 0 Å². The Morgan fingerprint density at radius 1 is 1.03 bits per heavy atom. The molecule has 2 aromatic carbocycles. The van der Waals surface area contributed by atoms with Crippen LogP contribution in [0.15, 0.2) is 85.5 Å². The van der Waals surface area contributed by atoms with Crippen molar-refractivity contribution >= 4 is 19.2 Å². The van der Waals surface area contributed by atoms with E-state index < -0.39 is 8.07 Å². The van der Waals surface area contributed by atoms with Crippen LogP contribution in [0.4, 0.5) is 0 Å². The van der Waals surface area contributed by atoms with E-state index in [1.807, 2.05) is 30.4 Å². The molecule has 0 bridgehead atoms. The number of carbonyl (C=O) groups is 1. The molecule has 0 spiro atoms. The third kappa shape index (κ3) is 7.43. The van der Waals surface area contributed by atoms with Crippen LogP contribution in [-0.4, -0.2) is 27.3 Å². The van der Waals surface area contributed by atoms with E-state index in [2.05, 4.69) is 62.1 Å². The van der Waals surface area contributed by atoms with Crippen molar-refractivity contribution in [2.45, 2.75) is 50.6 Å². The van der Waals surface area contributed by atoms with E-state index >= 15 is 0 Å². The van der Waals surface area contributed by atoms with Crippen LogP contribution in [0.1, 0.15) is 24.8 Å². The lowest BCUT2D eigenvalue weighted by molar-refractivity contribution is -0.134. The molecule has 2 aromatic rings. The first-order valence-electron chi connectivity index (χ1n) is 10.5. The number of benzene rings is 2. The second-order valence-electron chi connectivity index (χ2n) is 8.12. The molecule has 0 aromatic heterocycles. The number of allylic oxidation sites excluding steroid dienone is 1. The van der Waals surface area contributed by atoms with Crippen molar-refractivity contribution in [1.82, 2.24) is 0 Å². The highest BCUT2D eigenvalue weighted by atomic mass is 28.3. The lowest BCUT2D eigenvalue weighted by Crippen LogP contribution is -2.47. The summed E-state index contributed by atoms with van der Waals surface area (Å²) < 4.78 is 11.1. The van der Waals surface area contributed by atoms with Crippen molar-refractivity contribution in [1.29, 1.82) is 0 Å². The quantitative estimate of drug-likeness (QED) is 0.192. The minimum absolute atomic E-state index is 0.0923. The molecule has 0 aliphatic carbocycles. The molecule has 0 aliphatic heterocycles. The Labute approximate surface area is 182 Å². The first kappa shape index (κ1) is 23.8. The largest absolute Gasteiger partial charge is 0.466 e. The molecule has 0 aliphatic rings. The summed E-state index contributed by atoms with van der Waals surface area (Å²) in [7, 11) is -0.402. The first-order valence-corrected chi connectivity index (χ1v) is 13.6. The SMILES string of the molecule is C=CC[C@H](C[C@H](C/C=C/C(=O)OC)[Si](C)(C)c1ccccc1)OCc1ccccc1. The van der Waals surface area contributed by atoms with Gasteiger partial charge >= 0.3 is 5.97 Å². The molecule has 0 saturated heterocycles. The highest BCUT2D eigenvalue weighted by Gasteiger charge is 2.34. The van der Waals surface area contributed by atoms with Gasteiger partial charge in [0.1, 0.15) is 0 Å². The van der Waals surface area contributed by atoms with Crippen LogP contribution in [0.25, 0.3) is 0 Å². The zero-order valence-electron chi connectivity index (χ0n) is 18.4. The minimum atomic E-state index is -1.81. The normalized spacial score (nSPS) is 13.7. The molecule has 2 atom stereocenters. The molecule has 160 valence electrons. The third-order valence-corrected chi connectivity index (χ3v) is 10.1. The minimum Gasteiger partial charge on any atom is -0.466 e. The van der Waals surface area contributed by atoms with Crippen LogP contribution in [0.3, 0.4) is 0 Å². The summed E-state index contributed by atoms with van der Waals surface area (Å²) >= 11 is 0. The summed E-state index contributed by atoms with van der Waals surface area (Å²) in [6, 6.07) is 21.0. The summed E-state index contributed by atoms with van der Waals surface area (Å²) in [6.45, 7) is 9.34.